The fourth-order valence-electron chi connectivity index (χ4n) is 1.53. The number of nitrogens with one attached hydrogen (secondary N) is 1. The van der Waals surface area contributed by atoms with Crippen molar-refractivity contribution in [1.82, 2.24) is 5.32 Å². The van der Waals surface area contributed by atoms with Crippen LogP contribution in [0.2, 0.25) is 0 Å². The molecule has 0 amide bonds. The Morgan fingerprint density at radius 1 is 1.33 bits per heavy atom. The summed E-state index contributed by atoms with van der Waals surface area (Å²) in [5, 5.41) is 3.21. The summed E-state index contributed by atoms with van der Waals surface area (Å²) in [6.07, 6.45) is 0.0754. The van der Waals surface area contributed by atoms with Crippen molar-refractivity contribution in [3.63, 3.8) is 0 Å². The van der Waals surface area contributed by atoms with Crippen molar-refractivity contribution >= 4 is 0 Å². The van der Waals surface area contributed by atoms with Crippen LogP contribution in [0.25, 0.3) is 0 Å². The number of rotatable bonds is 4. The van der Waals surface area contributed by atoms with Crippen LogP contribution in [0.5, 0.6) is 11.5 Å². The van der Waals surface area contributed by atoms with E-state index in [0.717, 1.165) is 24.6 Å². The fraction of sp³-hybridized carbons (Fsp3) is 0.455. The summed E-state index contributed by atoms with van der Waals surface area (Å²) >= 11 is 0. The van der Waals surface area contributed by atoms with Gasteiger partial charge in [-0.1, -0.05) is 12.1 Å². The summed E-state index contributed by atoms with van der Waals surface area (Å²) in [5.74, 6) is 1.65. The van der Waals surface area contributed by atoms with Crippen LogP contribution in [0.1, 0.15) is 0 Å². The van der Waals surface area contributed by atoms with Crippen LogP contribution in [-0.2, 0) is 0 Å². The van der Waals surface area contributed by atoms with E-state index in [9.17, 15) is 0 Å². The smallest absolute Gasteiger partial charge is 0.161 e. The van der Waals surface area contributed by atoms with Gasteiger partial charge in [0.2, 0.25) is 0 Å². The van der Waals surface area contributed by atoms with Crippen molar-refractivity contribution in [2.45, 2.75) is 6.10 Å². The SMILES string of the molecule is NCCNCC1COc2ccccc2O1. The lowest BCUT2D eigenvalue weighted by molar-refractivity contribution is 0.0907. The molecule has 1 unspecified atom stereocenters. The molecule has 1 aromatic carbocycles. The summed E-state index contributed by atoms with van der Waals surface area (Å²) in [4.78, 5) is 0. The Labute approximate surface area is 89.4 Å². The molecule has 15 heavy (non-hydrogen) atoms. The maximum atomic E-state index is 5.75. The molecule has 1 aliphatic heterocycles. The number of benzene rings is 1. The van der Waals surface area contributed by atoms with Crippen molar-refractivity contribution in [2.24, 2.45) is 5.73 Å². The van der Waals surface area contributed by atoms with Crippen LogP contribution in [-0.4, -0.2) is 32.3 Å². The van der Waals surface area contributed by atoms with Crippen LogP contribution in [0.15, 0.2) is 24.3 Å². The summed E-state index contributed by atoms with van der Waals surface area (Å²) in [5.41, 5.74) is 5.39. The van der Waals surface area contributed by atoms with Gasteiger partial charge in [0.15, 0.2) is 11.5 Å². The Balaban J connectivity index is 1.88. The van der Waals surface area contributed by atoms with Gasteiger partial charge < -0.3 is 20.5 Å². The lowest BCUT2D eigenvalue weighted by atomic mass is 10.2. The minimum atomic E-state index is 0.0754. The molecule has 0 bridgehead atoms. The highest BCUT2D eigenvalue weighted by atomic mass is 16.6. The van der Waals surface area contributed by atoms with Gasteiger partial charge in [-0.15, -0.1) is 0 Å². The number of ether oxygens (including phenoxy) is 2. The topological polar surface area (TPSA) is 56.5 Å². The molecular formula is C11H16N2O2. The average molecular weight is 208 g/mol. The van der Waals surface area contributed by atoms with Crippen molar-refractivity contribution in [2.75, 3.05) is 26.2 Å². The van der Waals surface area contributed by atoms with Gasteiger partial charge in [0.05, 0.1) is 0 Å². The van der Waals surface area contributed by atoms with Gasteiger partial charge >= 0.3 is 0 Å². The first kappa shape index (κ1) is 10.3. The maximum Gasteiger partial charge on any atom is 0.161 e. The molecule has 0 aromatic heterocycles. The second kappa shape index (κ2) is 5.00. The third-order valence-corrected chi connectivity index (χ3v) is 2.26. The summed E-state index contributed by atoms with van der Waals surface area (Å²) in [7, 11) is 0. The van der Waals surface area contributed by atoms with Gasteiger partial charge in [0.25, 0.3) is 0 Å². The second-order valence-electron chi connectivity index (χ2n) is 3.49. The summed E-state index contributed by atoms with van der Waals surface area (Å²) in [6, 6.07) is 7.72. The minimum absolute atomic E-state index is 0.0754. The molecule has 82 valence electrons. The van der Waals surface area contributed by atoms with E-state index >= 15 is 0 Å². The van der Waals surface area contributed by atoms with E-state index < -0.39 is 0 Å². The number of hydrogen-bond acceptors (Lipinski definition) is 4. The van der Waals surface area contributed by atoms with E-state index in [1.807, 2.05) is 24.3 Å². The van der Waals surface area contributed by atoms with Gasteiger partial charge in [-0.25, -0.2) is 0 Å². The molecule has 1 aromatic rings. The third-order valence-electron chi connectivity index (χ3n) is 2.26. The number of fused-ring (bicyclic) bond motifs is 1. The van der Waals surface area contributed by atoms with Crippen molar-refractivity contribution in [1.29, 1.82) is 0 Å². The van der Waals surface area contributed by atoms with Crippen LogP contribution < -0.4 is 20.5 Å². The van der Waals surface area contributed by atoms with Crippen LogP contribution >= 0.6 is 0 Å². The van der Waals surface area contributed by atoms with E-state index in [-0.39, 0.29) is 6.10 Å². The molecule has 0 fully saturated rings. The van der Waals surface area contributed by atoms with Crippen LogP contribution in [0.4, 0.5) is 0 Å². The zero-order valence-electron chi connectivity index (χ0n) is 8.61. The first-order valence-electron chi connectivity index (χ1n) is 5.19. The average Bonchev–Trinajstić information content (AvgIpc) is 2.29. The first-order valence-corrected chi connectivity index (χ1v) is 5.19. The lowest BCUT2D eigenvalue weighted by Gasteiger charge is -2.26. The summed E-state index contributed by atoms with van der Waals surface area (Å²) < 4.78 is 11.3. The molecular weight excluding hydrogens is 192 g/mol. The lowest BCUT2D eigenvalue weighted by Crippen LogP contribution is -2.39. The van der Waals surface area contributed by atoms with Gasteiger partial charge in [-0.3, -0.25) is 0 Å². The molecule has 0 saturated carbocycles. The van der Waals surface area contributed by atoms with Crippen molar-refractivity contribution < 1.29 is 9.47 Å². The van der Waals surface area contributed by atoms with Crippen molar-refractivity contribution in [3.8, 4) is 11.5 Å². The van der Waals surface area contributed by atoms with E-state index in [4.69, 9.17) is 15.2 Å². The van der Waals surface area contributed by atoms with Crippen LogP contribution in [0, 0.1) is 0 Å². The van der Waals surface area contributed by atoms with E-state index in [1.165, 1.54) is 0 Å². The van der Waals surface area contributed by atoms with E-state index in [0.29, 0.717) is 13.2 Å². The minimum Gasteiger partial charge on any atom is -0.486 e. The van der Waals surface area contributed by atoms with Crippen molar-refractivity contribution in [3.05, 3.63) is 24.3 Å². The fourth-order valence-corrected chi connectivity index (χ4v) is 1.53. The first-order chi connectivity index (χ1) is 7.40. The zero-order valence-corrected chi connectivity index (χ0v) is 8.61. The molecule has 4 heteroatoms. The number of hydrogen-bond donors (Lipinski definition) is 2. The zero-order chi connectivity index (χ0) is 10.5. The molecule has 1 atom stereocenters. The normalized spacial score (nSPS) is 18.9. The highest BCUT2D eigenvalue weighted by molar-refractivity contribution is 5.40. The Morgan fingerprint density at radius 2 is 2.13 bits per heavy atom. The standard InChI is InChI=1S/C11H16N2O2/c12-5-6-13-7-9-8-14-10-3-1-2-4-11(10)15-9/h1-4,9,13H,5-8,12H2. The molecule has 1 heterocycles. The van der Waals surface area contributed by atoms with Gasteiger partial charge in [0.1, 0.15) is 12.7 Å². The predicted molar refractivity (Wildman–Crippen MR) is 58.3 cm³/mol. The van der Waals surface area contributed by atoms with Crippen LogP contribution in [0.3, 0.4) is 0 Å². The molecule has 2 rings (SSSR count). The molecule has 0 saturated heterocycles. The molecule has 1 aliphatic rings. The van der Waals surface area contributed by atoms with Gasteiger partial charge in [-0.05, 0) is 12.1 Å². The monoisotopic (exact) mass is 208 g/mol. The van der Waals surface area contributed by atoms with E-state index in [1.54, 1.807) is 0 Å². The molecule has 4 nitrogen and oxygen atoms in total. The highest BCUT2D eigenvalue weighted by Gasteiger charge is 2.19. The van der Waals surface area contributed by atoms with Gasteiger partial charge in [-0.2, -0.15) is 0 Å². The third kappa shape index (κ3) is 2.61. The Kier molecular flexibility index (Phi) is 3.42. The molecule has 0 aliphatic carbocycles. The summed E-state index contributed by atoms with van der Waals surface area (Å²) in [6.45, 7) is 2.81. The molecule has 0 spiro atoms. The quantitative estimate of drug-likeness (QED) is 0.702. The Morgan fingerprint density at radius 3 is 2.93 bits per heavy atom. The predicted octanol–water partition coefficient (Wildman–Crippen LogP) is 0.375. The number of para-hydroxylation sites is 2. The highest BCUT2D eigenvalue weighted by Crippen LogP contribution is 2.30. The van der Waals surface area contributed by atoms with Gasteiger partial charge in [0, 0.05) is 19.6 Å². The Hall–Kier alpha value is -1.26. The Bertz CT molecular complexity index is 317. The number of nitrogens with two attached hydrogens (primary N) is 1. The maximum absolute atomic E-state index is 5.75. The molecule has 0 radical (unpaired) electrons. The molecule has 3 N–H and O–H groups in total. The van der Waals surface area contributed by atoms with E-state index in [2.05, 4.69) is 5.32 Å². The second-order valence-corrected chi connectivity index (χ2v) is 3.49. The largest absolute Gasteiger partial charge is 0.486 e.